The van der Waals surface area contributed by atoms with Crippen LogP contribution >= 0.6 is 0 Å². The van der Waals surface area contributed by atoms with Crippen LogP contribution in [0, 0.1) is 0 Å². The van der Waals surface area contributed by atoms with E-state index in [0.29, 0.717) is 0 Å². The maximum atomic E-state index is 11.7. The van der Waals surface area contributed by atoms with E-state index in [0.717, 1.165) is 0 Å². The van der Waals surface area contributed by atoms with Crippen molar-refractivity contribution in [1.29, 1.82) is 0 Å². The Labute approximate surface area is 151 Å². The average molecular weight is 379 g/mol. The molecule has 0 bridgehead atoms. The van der Waals surface area contributed by atoms with Crippen LogP contribution in [-0.4, -0.2) is 91.3 Å². The van der Waals surface area contributed by atoms with Crippen molar-refractivity contribution >= 4 is 11.9 Å². The van der Waals surface area contributed by atoms with Crippen molar-refractivity contribution in [2.75, 3.05) is 0 Å². The van der Waals surface area contributed by atoms with Gasteiger partial charge in [-0.1, -0.05) is 13.8 Å². The van der Waals surface area contributed by atoms with Crippen molar-refractivity contribution in [2.45, 2.75) is 88.3 Å². The summed E-state index contributed by atoms with van der Waals surface area (Å²) >= 11 is 0. The van der Waals surface area contributed by atoms with Gasteiger partial charge >= 0.3 is 5.97 Å². The summed E-state index contributed by atoms with van der Waals surface area (Å²) < 4.78 is 5.17. The summed E-state index contributed by atoms with van der Waals surface area (Å²) in [7, 11) is 0. The van der Waals surface area contributed by atoms with Crippen LogP contribution in [0.3, 0.4) is 0 Å². The van der Waals surface area contributed by atoms with Crippen molar-refractivity contribution in [3.05, 3.63) is 0 Å². The zero-order valence-electron chi connectivity index (χ0n) is 14.9. The molecule has 1 amide bonds. The molecule has 152 valence electrons. The molecular weight excluding hydrogens is 350 g/mol. The number of ether oxygens (including phenoxy) is 1. The fraction of sp³-hybridized carbons (Fsp3) is 0.875. The number of aliphatic hydroxyl groups excluding tert-OH is 5. The molecule has 10 nitrogen and oxygen atoms in total. The Morgan fingerprint density at radius 2 is 1.69 bits per heavy atom. The van der Waals surface area contributed by atoms with Crippen LogP contribution in [0.1, 0.15) is 39.5 Å². The van der Waals surface area contributed by atoms with E-state index >= 15 is 0 Å². The molecule has 0 aliphatic carbocycles. The number of hydrogen-bond acceptors (Lipinski definition) is 8. The summed E-state index contributed by atoms with van der Waals surface area (Å²) in [5, 5.41) is 61.2. The van der Waals surface area contributed by atoms with Gasteiger partial charge in [-0.05, 0) is 19.3 Å². The minimum atomic E-state index is -1.78. The minimum Gasteiger partial charge on any atom is -0.479 e. The van der Waals surface area contributed by atoms with E-state index in [9.17, 15) is 35.1 Å². The van der Waals surface area contributed by atoms with Crippen LogP contribution in [0.5, 0.6) is 0 Å². The van der Waals surface area contributed by atoms with Crippen LogP contribution < -0.4 is 5.32 Å². The highest BCUT2D eigenvalue weighted by Crippen LogP contribution is 2.25. The van der Waals surface area contributed by atoms with Gasteiger partial charge in [0.05, 0.1) is 24.4 Å². The second-order valence-corrected chi connectivity index (χ2v) is 6.48. The van der Waals surface area contributed by atoms with Crippen molar-refractivity contribution in [2.24, 2.45) is 0 Å². The van der Waals surface area contributed by atoms with E-state index in [1.54, 1.807) is 13.8 Å². The lowest BCUT2D eigenvalue weighted by Crippen LogP contribution is -2.60. The molecule has 1 saturated heterocycles. The summed E-state index contributed by atoms with van der Waals surface area (Å²) in [5.41, 5.74) is 0. The number of hydrogen-bond donors (Lipinski definition) is 7. The summed E-state index contributed by atoms with van der Waals surface area (Å²) in [5.74, 6) is -1.83. The maximum Gasteiger partial charge on any atom is 0.335 e. The van der Waals surface area contributed by atoms with Crippen LogP contribution in [-0.2, 0) is 14.3 Å². The molecular formula is C16H29NO9. The quantitative estimate of drug-likeness (QED) is 0.233. The highest BCUT2D eigenvalue weighted by Gasteiger charge is 2.46. The van der Waals surface area contributed by atoms with E-state index < -0.39 is 54.7 Å². The van der Waals surface area contributed by atoms with Gasteiger partial charge in [0.25, 0.3) is 0 Å². The minimum absolute atomic E-state index is 0.0170. The van der Waals surface area contributed by atoms with Crippen molar-refractivity contribution < 1.29 is 45.0 Å². The van der Waals surface area contributed by atoms with Gasteiger partial charge in [0.15, 0.2) is 6.10 Å². The standard InChI is InChI=1S/C16H29NO9/c1-3-8(18)11(20)7(17-10(19)4-2)5-6-9-12(21)13(22)14(23)15(26-9)16(24)25/h7-9,11-15,18,20-23H,3-6H2,1-2H3,(H,17,19)(H,24,25)/t7?,8?,9-,11?,12?,13?,14+,15?/m0/s1. The van der Waals surface area contributed by atoms with Gasteiger partial charge in [0.2, 0.25) is 5.91 Å². The van der Waals surface area contributed by atoms with Gasteiger partial charge in [-0.25, -0.2) is 4.79 Å². The maximum absolute atomic E-state index is 11.7. The predicted octanol–water partition coefficient (Wildman–Crippen LogP) is -2.27. The highest BCUT2D eigenvalue weighted by atomic mass is 16.6. The number of rotatable bonds is 9. The lowest BCUT2D eigenvalue weighted by Gasteiger charge is -2.39. The largest absolute Gasteiger partial charge is 0.479 e. The number of carbonyl (C=O) groups is 2. The molecule has 6 unspecified atom stereocenters. The van der Waals surface area contributed by atoms with Gasteiger partial charge in [0, 0.05) is 6.42 Å². The zero-order chi connectivity index (χ0) is 20.0. The molecule has 1 fully saturated rings. The second kappa shape index (κ2) is 10.1. The molecule has 1 aliphatic rings. The number of aliphatic hydroxyl groups is 5. The first-order chi connectivity index (χ1) is 12.1. The predicted molar refractivity (Wildman–Crippen MR) is 88.1 cm³/mol. The molecule has 8 atom stereocenters. The zero-order valence-corrected chi connectivity index (χ0v) is 14.9. The molecule has 1 heterocycles. The van der Waals surface area contributed by atoms with Crippen molar-refractivity contribution in [3.63, 3.8) is 0 Å². The summed E-state index contributed by atoms with van der Waals surface area (Å²) in [6.07, 6.45) is -9.71. The second-order valence-electron chi connectivity index (χ2n) is 6.48. The molecule has 7 N–H and O–H groups in total. The molecule has 1 rings (SSSR count). The third-order valence-electron chi connectivity index (χ3n) is 4.61. The van der Waals surface area contributed by atoms with Gasteiger partial charge in [-0.15, -0.1) is 0 Å². The fourth-order valence-corrected chi connectivity index (χ4v) is 2.88. The number of carboxylic acid groups (broad SMARTS) is 1. The number of aliphatic carboxylic acids is 1. The number of carbonyl (C=O) groups excluding carboxylic acids is 1. The van der Waals surface area contributed by atoms with Crippen molar-refractivity contribution in [1.82, 2.24) is 5.32 Å². The van der Waals surface area contributed by atoms with Gasteiger partial charge < -0.3 is 40.7 Å². The molecule has 0 aromatic rings. The molecule has 0 aromatic carbocycles. The molecule has 1 aliphatic heterocycles. The molecule has 0 saturated carbocycles. The Kier molecular flexibility index (Phi) is 8.87. The third-order valence-corrected chi connectivity index (χ3v) is 4.61. The monoisotopic (exact) mass is 379 g/mol. The van der Waals surface area contributed by atoms with Crippen LogP contribution in [0.15, 0.2) is 0 Å². The normalized spacial score (nSPS) is 32.5. The first-order valence-corrected chi connectivity index (χ1v) is 8.71. The Morgan fingerprint density at radius 1 is 1.08 bits per heavy atom. The smallest absolute Gasteiger partial charge is 0.335 e. The lowest BCUT2D eigenvalue weighted by atomic mass is 9.90. The summed E-state index contributed by atoms with van der Waals surface area (Å²) in [6.45, 7) is 3.29. The van der Waals surface area contributed by atoms with E-state index in [1.807, 2.05) is 0 Å². The van der Waals surface area contributed by atoms with Gasteiger partial charge in [-0.2, -0.15) is 0 Å². The topological polar surface area (TPSA) is 177 Å². The van der Waals surface area contributed by atoms with E-state index in [4.69, 9.17) is 9.84 Å². The Bertz CT molecular complexity index is 475. The number of carboxylic acids is 1. The Balaban J connectivity index is 2.81. The SMILES string of the molecule is CCC(=O)NC(CC[C@@H]1OC(C(=O)O)[C@H](O)C(O)C1O)C(O)C(O)CC. The molecule has 26 heavy (non-hydrogen) atoms. The molecule has 0 radical (unpaired) electrons. The van der Waals surface area contributed by atoms with Crippen LogP contribution in [0.2, 0.25) is 0 Å². The van der Waals surface area contributed by atoms with Crippen molar-refractivity contribution in [3.8, 4) is 0 Å². The number of nitrogens with one attached hydrogen (secondary N) is 1. The van der Waals surface area contributed by atoms with Gasteiger partial charge in [-0.3, -0.25) is 4.79 Å². The summed E-state index contributed by atoms with van der Waals surface area (Å²) in [6, 6.07) is -0.847. The molecule has 0 aromatic heterocycles. The van der Waals surface area contributed by atoms with Gasteiger partial charge in [0.1, 0.15) is 18.3 Å². The van der Waals surface area contributed by atoms with Crippen LogP contribution in [0.4, 0.5) is 0 Å². The first kappa shape index (κ1) is 22.7. The van der Waals surface area contributed by atoms with E-state index in [-0.39, 0.29) is 31.6 Å². The lowest BCUT2D eigenvalue weighted by molar-refractivity contribution is -0.229. The van der Waals surface area contributed by atoms with E-state index in [1.165, 1.54) is 0 Å². The third kappa shape index (κ3) is 5.60. The first-order valence-electron chi connectivity index (χ1n) is 8.71. The Morgan fingerprint density at radius 3 is 2.19 bits per heavy atom. The molecule has 10 heteroatoms. The number of amides is 1. The van der Waals surface area contributed by atoms with E-state index in [2.05, 4.69) is 5.32 Å². The van der Waals surface area contributed by atoms with Crippen LogP contribution in [0.25, 0.3) is 0 Å². The average Bonchev–Trinajstić information content (AvgIpc) is 2.62. The fourth-order valence-electron chi connectivity index (χ4n) is 2.88. The Hall–Kier alpha value is -1.30. The molecule has 0 spiro atoms. The highest BCUT2D eigenvalue weighted by molar-refractivity contribution is 5.75. The summed E-state index contributed by atoms with van der Waals surface area (Å²) in [4.78, 5) is 22.8.